The molecule has 5 nitrogen and oxygen atoms in total. The van der Waals surface area contributed by atoms with Gasteiger partial charge in [-0.3, -0.25) is 4.79 Å². The molecule has 1 aromatic rings. The maximum atomic E-state index is 12.3. The van der Waals surface area contributed by atoms with Gasteiger partial charge in [-0.15, -0.1) is 11.8 Å². The van der Waals surface area contributed by atoms with Gasteiger partial charge in [0.05, 0.1) is 5.75 Å². The highest BCUT2D eigenvalue weighted by atomic mass is 32.2. The molecule has 0 saturated heterocycles. The highest BCUT2D eigenvalue weighted by molar-refractivity contribution is 8.00. The molecule has 1 aromatic heterocycles. The van der Waals surface area contributed by atoms with Crippen molar-refractivity contribution >= 4 is 23.6 Å². The van der Waals surface area contributed by atoms with Crippen molar-refractivity contribution in [3.05, 3.63) is 35.8 Å². The van der Waals surface area contributed by atoms with Gasteiger partial charge in [-0.05, 0) is 38.3 Å². The van der Waals surface area contributed by atoms with Gasteiger partial charge in [0.2, 0.25) is 5.91 Å². The van der Waals surface area contributed by atoms with Crippen LogP contribution in [0.25, 0.3) is 0 Å². The van der Waals surface area contributed by atoms with E-state index in [0.717, 1.165) is 29.9 Å². The van der Waals surface area contributed by atoms with Crippen LogP contribution in [-0.2, 0) is 4.79 Å². The third-order valence-corrected chi connectivity index (χ3v) is 4.27. The number of hydrogen-bond acceptors (Lipinski definition) is 4. The quantitative estimate of drug-likeness (QED) is 0.818. The highest BCUT2D eigenvalue weighted by Crippen LogP contribution is 2.24. The van der Waals surface area contributed by atoms with Crippen LogP contribution < -0.4 is 0 Å². The van der Waals surface area contributed by atoms with Crippen molar-refractivity contribution in [1.29, 1.82) is 0 Å². The number of carboxylic acids is 1. The fraction of sp³-hybridized carbons (Fsp3) is 0.400. The Morgan fingerprint density at radius 1 is 1.48 bits per heavy atom. The molecule has 0 aromatic carbocycles. The van der Waals surface area contributed by atoms with Gasteiger partial charge in [-0.2, -0.15) is 0 Å². The standard InChI is InChI=1S/C15H18N2O3S/c1-2-17(11-5-3-4-6-11)14(18)10-21-12-7-8-16-13(9-12)15(19)20/h5,7-9H,2-4,6,10H2,1H3,(H,19,20). The Morgan fingerprint density at radius 3 is 2.90 bits per heavy atom. The van der Waals surface area contributed by atoms with Crippen LogP contribution in [0.1, 0.15) is 36.7 Å². The summed E-state index contributed by atoms with van der Waals surface area (Å²) in [7, 11) is 0. The summed E-state index contributed by atoms with van der Waals surface area (Å²) in [6.07, 6.45) is 6.69. The molecule has 21 heavy (non-hydrogen) atoms. The molecule has 6 heteroatoms. The van der Waals surface area contributed by atoms with Crippen LogP contribution in [-0.4, -0.2) is 39.2 Å². The molecule has 1 N–H and O–H groups in total. The first-order valence-electron chi connectivity index (χ1n) is 6.93. The lowest BCUT2D eigenvalue weighted by atomic mass is 10.3. The molecule has 0 aliphatic heterocycles. The van der Waals surface area contributed by atoms with Crippen LogP contribution in [0.3, 0.4) is 0 Å². The number of nitrogens with zero attached hydrogens (tertiary/aromatic N) is 2. The number of allylic oxidation sites excluding steroid dienone is 2. The number of aromatic nitrogens is 1. The van der Waals surface area contributed by atoms with Gasteiger partial charge in [0.25, 0.3) is 0 Å². The fourth-order valence-corrected chi connectivity index (χ4v) is 3.08. The Kier molecular flexibility index (Phi) is 5.38. The molecular weight excluding hydrogens is 288 g/mol. The summed E-state index contributed by atoms with van der Waals surface area (Å²) in [5, 5.41) is 8.90. The number of thioether (sulfide) groups is 1. The van der Waals surface area contributed by atoms with E-state index in [1.54, 1.807) is 6.07 Å². The first kappa shape index (κ1) is 15.6. The molecule has 0 spiro atoms. The number of carbonyl (C=O) groups is 2. The third kappa shape index (κ3) is 4.07. The number of aromatic carboxylic acids is 1. The van der Waals surface area contributed by atoms with Crippen molar-refractivity contribution in [2.45, 2.75) is 31.1 Å². The molecule has 1 aliphatic carbocycles. The number of amides is 1. The lowest BCUT2D eigenvalue weighted by Gasteiger charge is -2.22. The lowest BCUT2D eigenvalue weighted by Crippen LogP contribution is -2.31. The topological polar surface area (TPSA) is 70.5 Å². The van der Waals surface area contributed by atoms with Crippen molar-refractivity contribution in [2.24, 2.45) is 0 Å². The van der Waals surface area contributed by atoms with Crippen molar-refractivity contribution < 1.29 is 14.7 Å². The van der Waals surface area contributed by atoms with Gasteiger partial charge in [0.1, 0.15) is 5.69 Å². The monoisotopic (exact) mass is 306 g/mol. The summed E-state index contributed by atoms with van der Waals surface area (Å²) in [5.41, 5.74) is 1.11. The minimum atomic E-state index is -1.06. The number of rotatable bonds is 6. The Balaban J connectivity index is 1.96. The van der Waals surface area contributed by atoms with Crippen LogP contribution in [0.15, 0.2) is 35.0 Å². The number of carboxylic acid groups (broad SMARTS) is 1. The Labute approximate surface area is 128 Å². The largest absolute Gasteiger partial charge is 0.477 e. The third-order valence-electron chi connectivity index (χ3n) is 3.29. The van der Waals surface area contributed by atoms with E-state index in [1.165, 1.54) is 24.0 Å². The average Bonchev–Trinajstić information content (AvgIpc) is 3.00. The summed E-state index contributed by atoms with van der Waals surface area (Å²) in [6, 6.07) is 3.21. The second kappa shape index (κ2) is 7.26. The Hall–Kier alpha value is -1.82. The van der Waals surface area contributed by atoms with Crippen LogP contribution in [0.5, 0.6) is 0 Å². The molecule has 0 unspecified atom stereocenters. The minimum absolute atomic E-state index is 0.00158. The van der Waals surface area contributed by atoms with Crippen molar-refractivity contribution in [1.82, 2.24) is 9.88 Å². The summed E-state index contributed by atoms with van der Waals surface area (Å²) < 4.78 is 0. The van der Waals surface area contributed by atoms with Crippen molar-refractivity contribution in [3.8, 4) is 0 Å². The zero-order chi connectivity index (χ0) is 15.2. The minimum Gasteiger partial charge on any atom is -0.477 e. The molecule has 1 heterocycles. The summed E-state index contributed by atoms with van der Waals surface area (Å²) in [6.45, 7) is 2.64. The molecule has 1 amide bonds. The lowest BCUT2D eigenvalue weighted by molar-refractivity contribution is -0.126. The van der Waals surface area contributed by atoms with E-state index in [4.69, 9.17) is 5.11 Å². The van der Waals surface area contributed by atoms with Crippen LogP contribution >= 0.6 is 11.8 Å². The van der Waals surface area contributed by atoms with E-state index in [2.05, 4.69) is 11.1 Å². The van der Waals surface area contributed by atoms with Gasteiger partial charge in [0, 0.05) is 23.3 Å². The number of hydrogen-bond donors (Lipinski definition) is 1. The predicted molar refractivity (Wildman–Crippen MR) is 81.2 cm³/mol. The van der Waals surface area contributed by atoms with E-state index < -0.39 is 5.97 Å². The first-order valence-corrected chi connectivity index (χ1v) is 7.92. The maximum Gasteiger partial charge on any atom is 0.354 e. The molecule has 2 rings (SSSR count). The van der Waals surface area contributed by atoms with Gasteiger partial charge in [0.15, 0.2) is 0 Å². The smallest absolute Gasteiger partial charge is 0.354 e. The van der Waals surface area contributed by atoms with Gasteiger partial charge in [-0.25, -0.2) is 9.78 Å². The number of pyridine rings is 1. The van der Waals surface area contributed by atoms with Crippen molar-refractivity contribution in [2.75, 3.05) is 12.3 Å². The Bertz CT molecular complexity index is 572. The first-order chi connectivity index (χ1) is 10.1. The van der Waals surface area contributed by atoms with Gasteiger partial charge >= 0.3 is 5.97 Å². The molecule has 0 fully saturated rings. The molecule has 112 valence electrons. The zero-order valence-electron chi connectivity index (χ0n) is 11.9. The SMILES string of the molecule is CCN(C(=O)CSc1ccnc(C(=O)O)c1)C1=CCCC1. The van der Waals surface area contributed by atoms with Crippen LogP contribution in [0.4, 0.5) is 0 Å². The molecule has 0 radical (unpaired) electrons. The molecule has 0 saturated carbocycles. The van der Waals surface area contributed by atoms with E-state index in [-0.39, 0.29) is 11.6 Å². The maximum absolute atomic E-state index is 12.3. The Morgan fingerprint density at radius 2 is 2.29 bits per heavy atom. The van der Waals surface area contributed by atoms with Gasteiger partial charge in [-0.1, -0.05) is 6.08 Å². The van der Waals surface area contributed by atoms with E-state index in [9.17, 15) is 9.59 Å². The molecule has 1 aliphatic rings. The second-order valence-corrected chi connectivity index (χ2v) is 5.75. The normalized spacial score (nSPS) is 13.9. The highest BCUT2D eigenvalue weighted by Gasteiger charge is 2.18. The molecular formula is C15H18N2O3S. The van der Waals surface area contributed by atoms with E-state index in [1.807, 2.05) is 11.8 Å². The molecule has 0 bridgehead atoms. The predicted octanol–water partition coefficient (Wildman–Crippen LogP) is 2.79. The van der Waals surface area contributed by atoms with Crippen LogP contribution in [0, 0.1) is 0 Å². The zero-order valence-corrected chi connectivity index (χ0v) is 12.7. The van der Waals surface area contributed by atoms with Crippen LogP contribution in [0.2, 0.25) is 0 Å². The van der Waals surface area contributed by atoms with E-state index >= 15 is 0 Å². The summed E-state index contributed by atoms with van der Waals surface area (Å²) in [5.74, 6) is -0.701. The number of carbonyl (C=O) groups excluding carboxylic acids is 1. The van der Waals surface area contributed by atoms with E-state index in [0.29, 0.717) is 12.3 Å². The van der Waals surface area contributed by atoms with Gasteiger partial charge < -0.3 is 10.0 Å². The van der Waals surface area contributed by atoms with Crippen molar-refractivity contribution in [3.63, 3.8) is 0 Å². The summed E-state index contributed by atoms with van der Waals surface area (Å²) in [4.78, 5) is 29.5. The fourth-order valence-electron chi connectivity index (χ4n) is 2.28. The molecule has 0 atom stereocenters. The second-order valence-electron chi connectivity index (χ2n) is 4.70. The summed E-state index contributed by atoms with van der Waals surface area (Å²) >= 11 is 1.34. The average molecular weight is 306 g/mol.